The van der Waals surface area contributed by atoms with E-state index in [4.69, 9.17) is 0 Å². The first kappa shape index (κ1) is 14.1. The fraction of sp³-hybridized carbons (Fsp3) is 0.231. The first-order chi connectivity index (χ1) is 9.50. The third-order valence-electron chi connectivity index (χ3n) is 2.72. The molecule has 4 nitrogen and oxygen atoms in total. The molecular weight excluding hydrogens is 271 g/mol. The van der Waals surface area contributed by atoms with E-state index in [-0.39, 0.29) is 17.3 Å². The second-order valence-corrected chi connectivity index (χ2v) is 4.15. The lowest BCUT2D eigenvalue weighted by Gasteiger charge is -2.09. The predicted molar refractivity (Wildman–Crippen MR) is 66.2 cm³/mol. The molecule has 106 valence electrons. The fourth-order valence-corrected chi connectivity index (χ4v) is 1.78. The number of hydrogen-bond acceptors (Lipinski definition) is 2. The molecule has 0 aliphatic heterocycles. The number of hydrogen-bond donors (Lipinski definition) is 1. The number of aromatic nitrogens is 2. The maximum atomic E-state index is 13.7. The Balaban J connectivity index is 2.28. The van der Waals surface area contributed by atoms with Crippen LogP contribution in [-0.2, 0) is 11.3 Å². The number of benzene rings is 1. The molecule has 0 spiro atoms. The summed E-state index contributed by atoms with van der Waals surface area (Å²) >= 11 is 0. The molecule has 1 amide bonds. The Morgan fingerprint density at radius 2 is 2.05 bits per heavy atom. The zero-order chi connectivity index (χ0) is 14.7. The Morgan fingerprint density at radius 1 is 1.30 bits per heavy atom. The summed E-state index contributed by atoms with van der Waals surface area (Å²) in [5.41, 5.74) is -0.128. The summed E-state index contributed by atoms with van der Waals surface area (Å²) in [5.74, 6) is -4.07. The Kier molecular flexibility index (Phi) is 4.07. The first-order valence-corrected chi connectivity index (χ1v) is 5.90. The SMILES string of the molecule is CC(=O)NCCn1ccnc1-c1ccc(F)c(F)c1F. The zero-order valence-electron chi connectivity index (χ0n) is 10.7. The van der Waals surface area contributed by atoms with Crippen LogP contribution in [-0.4, -0.2) is 22.0 Å². The topological polar surface area (TPSA) is 46.9 Å². The molecule has 2 rings (SSSR count). The summed E-state index contributed by atoms with van der Waals surface area (Å²) in [7, 11) is 0. The average molecular weight is 283 g/mol. The normalized spacial score (nSPS) is 10.6. The van der Waals surface area contributed by atoms with Gasteiger partial charge in [0, 0.05) is 32.4 Å². The van der Waals surface area contributed by atoms with Crippen molar-refractivity contribution in [3.63, 3.8) is 0 Å². The minimum absolute atomic E-state index is 0.128. The maximum Gasteiger partial charge on any atom is 0.216 e. The molecule has 0 unspecified atom stereocenters. The number of nitrogens with zero attached hydrogens (tertiary/aromatic N) is 2. The monoisotopic (exact) mass is 283 g/mol. The van der Waals surface area contributed by atoms with Gasteiger partial charge >= 0.3 is 0 Å². The van der Waals surface area contributed by atoms with Crippen LogP contribution in [0.25, 0.3) is 11.4 Å². The molecule has 0 bridgehead atoms. The van der Waals surface area contributed by atoms with Gasteiger partial charge in [0.25, 0.3) is 0 Å². The van der Waals surface area contributed by atoms with Crippen molar-refractivity contribution in [2.24, 2.45) is 0 Å². The lowest BCUT2D eigenvalue weighted by atomic mass is 10.2. The van der Waals surface area contributed by atoms with Crippen molar-refractivity contribution in [1.29, 1.82) is 0 Å². The molecule has 2 aromatic rings. The van der Waals surface area contributed by atoms with Crippen molar-refractivity contribution >= 4 is 5.91 Å². The molecule has 0 fully saturated rings. The Labute approximate surface area is 113 Å². The number of halogens is 3. The molecule has 1 heterocycles. The highest BCUT2D eigenvalue weighted by molar-refractivity contribution is 5.72. The van der Waals surface area contributed by atoms with Gasteiger partial charge in [-0.15, -0.1) is 0 Å². The van der Waals surface area contributed by atoms with E-state index >= 15 is 0 Å². The van der Waals surface area contributed by atoms with Crippen LogP contribution in [0.4, 0.5) is 13.2 Å². The molecule has 1 aromatic heterocycles. The van der Waals surface area contributed by atoms with Gasteiger partial charge < -0.3 is 9.88 Å². The number of amides is 1. The second kappa shape index (κ2) is 5.77. The Bertz CT molecular complexity index is 640. The largest absolute Gasteiger partial charge is 0.355 e. The molecule has 0 atom stereocenters. The number of imidazole rings is 1. The van der Waals surface area contributed by atoms with E-state index in [0.29, 0.717) is 13.1 Å². The molecule has 1 N–H and O–H groups in total. The average Bonchev–Trinajstić information content (AvgIpc) is 2.84. The summed E-state index contributed by atoms with van der Waals surface area (Å²) in [6.45, 7) is 2.04. The predicted octanol–water partition coefficient (Wildman–Crippen LogP) is 2.10. The second-order valence-electron chi connectivity index (χ2n) is 4.15. The third kappa shape index (κ3) is 2.81. The van der Waals surface area contributed by atoms with Gasteiger partial charge in [-0.05, 0) is 12.1 Å². The highest BCUT2D eigenvalue weighted by atomic mass is 19.2. The quantitative estimate of drug-likeness (QED) is 0.874. The van der Waals surface area contributed by atoms with Crippen LogP contribution < -0.4 is 5.32 Å². The summed E-state index contributed by atoms with van der Waals surface area (Å²) in [5, 5.41) is 2.58. The van der Waals surface area contributed by atoms with Crippen molar-refractivity contribution in [2.75, 3.05) is 6.54 Å². The highest BCUT2D eigenvalue weighted by Gasteiger charge is 2.17. The minimum Gasteiger partial charge on any atom is -0.355 e. The molecule has 0 radical (unpaired) electrons. The van der Waals surface area contributed by atoms with Gasteiger partial charge in [0.05, 0.1) is 5.56 Å². The van der Waals surface area contributed by atoms with E-state index in [1.54, 1.807) is 10.8 Å². The smallest absolute Gasteiger partial charge is 0.216 e. The van der Waals surface area contributed by atoms with E-state index in [9.17, 15) is 18.0 Å². The van der Waals surface area contributed by atoms with Gasteiger partial charge in [-0.2, -0.15) is 0 Å². The molecule has 0 saturated heterocycles. The minimum atomic E-state index is -1.53. The number of rotatable bonds is 4. The van der Waals surface area contributed by atoms with E-state index < -0.39 is 17.5 Å². The van der Waals surface area contributed by atoms with Crippen molar-refractivity contribution in [2.45, 2.75) is 13.5 Å². The molecular formula is C13H12F3N3O. The van der Waals surface area contributed by atoms with Crippen molar-refractivity contribution in [1.82, 2.24) is 14.9 Å². The number of nitrogens with one attached hydrogen (secondary N) is 1. The molecule has 7 heteroatoms. The van der Waals surface area contributed by atoms with E-state index in [1.165, 1.54) is 13.1 Å². The van der Waals surface area contributed by atoms with Gasteiger partial charge in [0.1, 0.15) is 5.82 Å². The number of carbonyl (C=O) groups excluding carboxylic acids is 1. The summed E-state index contributed by atoms with van der Waals surface area (Å²) < 4.78 is 41.4. The zero-order valence-corrected chi connectivity index (χ0v) is 10.7. The van der Waals surface area contributed by atoms with E-state index in [0.717, 1.165) is 12.1 Å². The lowest BCUT2D eigenvalue weighted by Crippen LogP contribution is -2.24. The third-order valence-corrected chi connectivity index (χ3v) is 2.72. The molecule has 0 saturated carbocycles. The van der Waals surface area contributed by atoms with Crippen molar-refractivity contribution in [3.05, 3.63) is 42.0 Å². The number of carbonyl (C=O) groups is 1. The van der Waals surface area contributed by atoms with E-state index in [1.807, 2.05) is 0 Å². The fourth-order valence-electron chi connectivity index (χ4n) is 1.78. The van der Waals surface area contributed by atoms with Crippen LogP contribution in [0, 0.1) is 17.5 Å². The molecule has 1 aromatic carbocycles. The summed E-state index contributed by atoms with van der Waals surface area (Å²) in [6, 6.07) is 1.98. The van der Waals surface area contributed by atoms with Gasteiger partial charge in [-0.1, -0.05) is 0 Å². The standard InChI is InChI=1S/C13H12F3N3O/c1-8(20)17-4-6-19-7-5-18-13(19)9-2-3-10(14)12(16)11(9)15/h2-3,5,7H,4,6H2,1H3,(H,17,20). The van der Waals surface area contributed by atoms with E-state index in [2.05, 4.69) is 10.3 Å². The van der Waals surface area contributed by atoms with Gasteiger partial charge in [0.15, 0.2) is 17.5 Å². The van der Waals surface area contributed by atoms with Gasteiger partial charge in [-0.3, -0.25) is 4.79 Å². The summed E-state index contributed by atoms with van der Waals surface area (Å²) in [6.07, 6.45) is 2.99. The Hall–Kier alpha value is -2.31. The highest BCUT2D eigenvalue weighted by Crippen LogP contribution is 2.24. The van der Waals surface area contributed by atoms with Crippen LogP contribution >= 0.6 is 0 Å². The lowest BCUT2D eigenvalue weighted by molar-refractivity contribution is -0.118. The van der Waals surface area contributed by atoms with Crippen LogP contribution in [0.2, 0.25) is 0 Å². The van der Waals surface area contributed by atoms with Crippen molar-refractivity contribution < 1.29 is 18.0 Å². The Morgan fingerprint density at radius 3 is 2.75 bits per heavy atom. The summed E-state index contributed by atoms with van der Waals surface area (Å²) in [4.78, 5) is 14.7. The van der Waals surface area contributed by atoms with Crippen LogP contribution in [0.5, 0.6) is 0 Å². The maximum absolute atomic E-state index is 13.7. The first-order valence-electron chi connectivity index (χ1n) is 5.90. The molecule has 0 aliphatic rings. The molecule has 0 aliphatic carbocycles. The van der Waals surface area contributed by atoms with Crippen LogP contribution in [0.1, 0.15) is 6.92 Å². The van der Waals surface area contributed by atoms with Gasteiger partial charge in [0.2, 0.25) is 5.91 Å². The van der Waals surface area contributed by atoms with Crippen LogP contribution in [0.15, 0.2) is 24.5 Å². The molecule has 20 heavy (non-hydrogen) atoms. The van der Waals surface area contributed by atoms with Gasteiger partial charge in [-0.25, -0.2) is 18.2 Å². The van der Waals surface area contributed by atoms with Crippen molar-refractivity contribution in [3.8, 4) is 11.4 Å². The van der Waals surface area contributed by atoms with Crippen LogP contribution in [0.3, 0.4) is 0 Å².